The highest BCUT2D eigenvalue weighted by molar-refractivity contribution is 7.87. The zero-order valence-corrected chi connectivity index (χ0v) is 26.9. The van der Waals surface area contributed by atoms with Crippen LogP contribution in [0, 0.1) is 11.8 Å². The Morgan fingerprint density at radius 1 is 1.02 bits per heavy atom. The summed E-state index contributed by atoms with van der Waals surface area (Å²) in [5.41, 5.74) is 1.95. The van der Waals surface area contributed by atoms with Crippen LogP contribution in [0.25, 0.3) is 10.9 Å². The summed E-state index contributed by atoms with van der Waals surface area (Å²) in [7, 11) is -1.39. The minimum Gasteiger partial charge on any atom is -0.465 e. The van der Waals surface area contributed by atoms with Crippen molar-refractivity contribution in [1.82, 2.24) is 24.2 Å². The molecule has 1 aliphatic heterocycles. The van der Waals surface area contributed by atoms with Crippen LogP contribution >= 0.6 is 0 Å². The lowest BCUT2D eigenvalue weighted by molar-refractivity contribution is -0.141. The molecule has 0 spiro atoms. The standard InChI is InChI=1S/C32H39FN6O7S/c1-38(2)47(45,46)37-29(40)26-17-22-16-23(12-13-25(22)35-26)34-30(41)28-24(19-6-4-3-5-7-19)14-15-39(28)31(42)21-10-8-20(9-11-21)27(18-33)36-32(43)44/h3-7,12-13,16-17,20-21,24,27-28,35-36H,8-11,14-15,18H2,1-2H3,(H,34,41)(H,37,40)(H,43,44)/t20-,21-,24-,27-,28+/m1/s1. The SMILES string of the molecule is CN(C)S(=O)(=O)NC(=O)c1cc2cc(NC(=O)[C@@H]3[C@@H](c4ccccc4)CCN3C(=O)[C@H]3CC[C@H]([C@@H](CF)NC(=O)O)CC3)ccc2[nH]1. The Hall–Kier alpha value is -4.50. The molecule has 5 N–H and O–H groups in total. The second kappa shape index (κ2) is 14.1. The van der Waals surface area contributed by atoms with E-state index in [0.29, 0.717) is 55.2 Å². The molecule has 1 saturated carbocycles. The lowest BCUT2D eigenvalue weighted by Gasteiger charge is -2.35. The van der Waals surface area contributed by atoms with E-state index in [1.807, 2.05) is 35.1 Å². The number of nitrogens with zero attached hydrogens (tertiary/aromatic N) is 2. The van der Waals surface area contributed by atoms with Gasteiger partial charge in [0.2, 0.25) is 11.8 Å². The molecule has 2 aromatic carbocycles. The Morgan fingerprint density at radius 2 is 1.72 bits per heavy atom. The van der Waals surface area contributed by atoms with E-state index < -0.39 is 41.0 Å². The molecule has 252 valence electrons. The Balaban J connectivity index is 1.33. The van der Waals surface area contributed by atoms with Crippen molar-refractivity contribution < 1.29 is 37.1 Å². The van der Waals surface area contributed by atoms with Gasteiger partial charge in [0.15, 0.2) is 0 Å². The number of fused-ring (bicyclic) bond motifs is 1. The molecule has 0 bridgehead atoms. The number of aromatic nitrogens is 1. The quantitative estimate of drug-likeness (QED) is 0.219. The summed E-state index contributed by atoms with van der Waals surface area (Å²) in [6.07, 6.45) is 1.24. The molecule has 1 saturated heterocycles. The van der Waals surface area contributed by atoms with Crippen molar-refractivity contribution in [1.29, 1.82) is 0 Å². The van der Waals surface area contributed by atoms with Crippen molar-refractivity contribution in [3.05, 3.63) is 65.9 Å². The molecule has 0 radical (unpaired) electrons. The maximum Gasteiger partial charge on any atom is 0.404 e. The van der Waals surface area contributed by atoms with Gasteiger partial charge >= 0.3 is 16.3 Å². The minimum absolute atomic E-state index is 0.0249. The van der Waals surface area contributed by atoms with E-state index in [-0.39, 0.29) is 35.3 Å². The van der Waals surface area contributed by atoms with Gasteiger partial charge in [0.05, 0.1) is 6.04 Å². The number of benzene rings is 2. The number of hydrogen-bond donors (Lipinski definition) is 5. The van der Waals surface area contributed by atoms with E-state index in [1.54, 1.807) is 23.1 Å². The fourth-order valence-electron chi connectivity index (χ4n) is 6.67. The van der Waals surface area contributed by atoms with Gasteiger partial charge in [0.1, 0.15) is 18.4 Å². The first-order chi connectivity index (χ1) is 22.4. The third-order valence-corrected chi connectivity index (χ3v) is 10.6. The molecule has 15 heteroatoms. The lowest BCUT2D eigenvalue weighted by Crippen LogP contribution is -2.49. The molecule has 2 fully saturated rings. The summed E-state index contributed by atoms with van der Waals surface area (Å²) in [4.78, 5) is 56.1. The third kappa shape index (κ3) is 7.57. The molecule has 1 aromatic heterocycles. The van der Waals surface area contributed by atoms with Crippen LogP contribution in [0.15, 0.2) is 54.6 Å². The van der Waals surface area contributed by atoms with Crippen molar-refractivity contribution >= 4 is 50.6 Å². The second-order valence-electron chi connectivity index (χ2n) is 12.3. The molecule has 0 unspecified atom stereocenters. The van der Waals surface area contributed by atoms with E-state index >= 15 is 0 Å². The topological polar surface area (TPSA) is 181 Å². The first-order valence-electron chi connectivity index (χ1n) is 15.5. The van der Waals surface area contributed by atoms with Gasteiger partial charge in [-0.3, -0.25) is 14.4 Å². The summed E-state index contributed by atoms with van der Waals surface area (Å²) in [6.45, 7) is -0.431. The van der Waals surface area contributed by atoms with Crippen molar-refractivity contribution in [3.63, 3.8) is 0 Å². The Bertz CT molecular complexity index is 1740. The van der Waals surface area contributed by atoms with Crippen LogP contribution < -0.4 is 15.4 Å². The monoisotopic (exact) mass is 670 g/mol. The van der Waals surface area contributed by atoms with Gasteiger partial charge in [0, 0.05) is 49.1 Å². The molecule has 2 heterocycles. The van der Waals surface area contributed by atoms with Crippen LogP contribution in [0.3, 0.4) is 0 Å². The summed E-state index contributed by atoms with van der Waals surface area (Å²) >= 11 is 0. The van der Waals surface area contributed by atoms with Crippen molar-refractivity contribution in [2.24, 2.45) is 11.8 Å². The first kappa shape index (κ1) is 33.9. The van der Waals surface area contributed by atoms with Gasteiger partial charge in [-0.2, -0.15) is 12.7 Å². The molecule has 4 amide bonds. The van der Waals surface area contributed by atoms with Gasteiger partial charge in [-0.05, 0) is 67.9 Å². The van der Waals surface area contributed by atoms with Gasteiger partial charge in [-0.15, -0.1) is 0 Å². The summed E-state index contributed by atoms with van der Waals surface area (Å²) in [5.74, 6) is -2.17. The number of carboxylic acid groups (broad SMARTS) is 1. The molecular formula is C32H39FN6O7S. The maximum absolute atomic E-state index is 14.0. The summed E-state index contributed by atoms with van der Waals surface area (Å²) < 4.78 is 40.6. The third-order valence-electron chi connectivity index (χ3n) is 9.18. The zero-order chi connectivity index (χ0) is 33.9. The van der Waals surface area contributed by atoms with Gasteiger partial charge in [0.25, 0.3) is 5.91 Å². The van der Waals surface area contributed by atoms with E-state index in [0.717, 1.165) is 9.87 Å². The van der Waals surface area contributed by atoms with Crippen molar-refractivity contribution in [2.45, 2.75) is 50.1 Å². The molecule has 3 atom stereocenters. The highest BCUT2D eigenvalue weighted by Crippen LogP contribution is 2.38. The highest BCUT2D eigenvalue weighted by atomic mass is 32.2. The number of halogens is 1. The lowest BCUT2D eigenvalue weighted by atomic mass is 9.78. The molecule has 5 rings (SSSR count). The number of hydrogen-bond acceptors (Lipinski definition) is 6. The number of rotatable bonds is 10. The van der Waals surface area contributed by atoms with Crippen LogP contribution in [0.5, 0.6) is 0 Å². The van der Waals surface area contributed by atoms with Crippen LogP contribution in [0.2, 0.25) is 0 Å². The molecular weight excluding hydrogens is 631 g/mol. The normalized spacial score (nSPS) is 22.2. The predicted octanol–water partition coefficient (Wildman–Crippen LogP) is 3.44. The largest absolute Gasteiger partial charge is 0.465 e. The number of nitrogens with one attached hydrogen (secondary N) is 4. The van der Waals surface area contributed by atoms with Crippen LogP contribution in [-0.4, -0.2) is 90.9 Å². The fraction of sp³-hybridized carbons (Fsp3) is 0.438. The Morgan fingerprint density at radius 3 is 2.36 bits per heavy atom. The molecule has 1 aliphatic carbocycles. The van der Waals surface area contributed by atoms with Crippen LogP contribution in [0.4, 0.5) is 14.9 Å². The number of carbonyl (C=O) groups is 4. The molecule has 13 nitrogen and oxygen atoms in total. The highest BCUT2D eigenvalue weighted by Gasteiger charge is 2.45. The van der Waals surface area contributed by atoms with E-state index in [2.05, 4.69) is 15.6 Å². The number of carbonyl (C=O) groups excluding carboxylic acids is 3. The van der Waals surface area contributed by atoms with Crippen molar-refractivity contribution in [3.8, 4) is 0 Å². The van der Waals surface area contributed by atoms with Gasteiger partial charge in [-0.1, -0.05) is 30.3 Å². The fourth-order valence-corrected chi connectivity index (χ4v) is 7.20. The van der Waals surface area contributed by atoms with E-state index in [1.165, 1.54) is 20.2 Å². The minimum atomic E-state index is -3.99. The van der Waals surface area contributed by atoms with Crippen LogP contribution in [-0.2, 0) is 19.8 Å². The average molecular weight is 671 g/mol. The number of alkyl halides is 1. The number of likely N-dealkylation sites (tertiary alicyclic amines) is 1. The summed E-state index contributed by atoms with van der Waals surface area (Å²) in [5, 5.41) is 14.8. The number of aromatic amines is 1. The first-order valence-corrected chi connectivity index (χ1v) is 16.9. The maximum atomic E-state index is 14.0. The second-order valence-corrected chi connectivity index (χ2v) is 14.2. The van der Waals surface area contributed by atoms with E-state index in [4.69, 9.17) is 5.11 Å². The van der Waals surface area contributed by atoms with Gasteiger partial charge in [-0.25, -0.2) is 13.9 Å². The molecule has 3 aromatic rings. The summed E-state index contributed by atoms with van der Waals surface area (Å²) in [6, 6.07) is 14.4. The number of amides is 4. The van der Waals surface area contributed by atoms with E-state index in [9.17, 15) is 32.0 Å². The number of anilines is 1. The predicted molar refractivity (Wildman–Crippen MR) is 173 cm³/mol. The number of H-pyrrole nitrogens is 1. The average Bonchev–Trinajstić information content (AvgIpc) is 3.68. The molecule has 2 aliphatic rings. The zero-order valence-electron chi connectivity index (χ0n) is 26.1. The Labute approximate surface area is 272 Å². The van der Waals surface area contributed by atoms with Crippen LogP contribution in [0.1, 0.15) is 54.1 Å². The Kier molecular flexibility index (Phi) is 10.2. The van der Waals surface area contributed by atoms with Gasteiger partial charge < -0.3 is 25.6 Å². The van der Waals surface area contributed by atoms with Crippen molar-refractivity contribution in [2.75, 3.05) is 32.6 Å². The smallest absolute Gasteiger partial charge is 0.404 e. The molecule has 47 heavy (non-hydrogen) atoms.